The van der Waals surface area contributed by atoms with Crippen LogP contribution in [0.2, 0.25) is 0 Å². The van der Waals surface area contributed by atoms with Crippen LogP contribution in [0.1, 0.15) is 39.3 Å². The number of hydrogen-bond acceptors (Lipinski definition) is 1. The second-order valence-corrected chi connectivity index (χ2v) is 6.75. The lowest BCUT2D eigenvalue weighted by Gasteiger charge is -2.22. The van der Waals surface area contributed by atoms with Gasteiger partial charge in [0.2, 0.25) is 0 Å². The molecule has 1 aromatic heterocycles. The summed E-state index contributed by atoms with van der Waals surface area (Å²) in [5, 5.41) is 12.2. The molecule has 0 spiro atoms. The summed E-state index contributed by atoms with van der Waals surface area (Å²) in [7, 11) is 0. The summed E-state index contributed by atoms with van der Waals surface area (Å²) < 4.78 is 2.39. The Labute approximate surface area is 126 Å². The van der Waals surface area contributed by atoms with Gasteiger partial charge in [-0.05, 0) is 37.6 Å². The third-order valence-corrected chi connectivity index (χ3v) is 4.40. The fourth-order valence-corrected chi connectivity index (χ4v) is 3.07. The molecule has 3 rings (SSSR count). The molecule has 1 heterocycles. The molecule has 0 bridgehead atoms. The van der Waals surface area contributed by atoms with Crippen molar-refractivity contribution in [3.05, 3.63) is 48.0 Å². The highest BCUT2D eigenvalue weighted by Gasteiger charge is 2.21. The highest BCUT2D eigenvalue weighted by Crippen LogP contribution is 2.34. The van der Waals surface area contributed by atoms with Crippen molar-refractivity contribution in [3.63, 3.8) is 0 Å². The predicted octanol–water partition coefficient (Wildman–Crippen LogP) is 4.65. The molecular weight excluding hydrogens is 258 g/mol. The van der Waals surface area contributed by atoms with Crippen LogP contribution in [0, 0.1) is 0 Å². The number of fused-ring (bicyclic) bond motifs is 3. The first-order valence-electron chi connectivity index (χ1n) is 7.60. The Bertz CT molecular complexity index is 796. The van der Waals surface area contributed by atoms with Crippen LogP contribution >= 0.6 is 0 Å². The van der Waals surface area contributed by atoms with Crippen molar-refractivity contribution in [2.45, 2.75) is 39.2 Å². The van der Waals surface area contributed by atoms with Gasteiger partial charge < -0.3 is 9.67 Å². The van der Waals surface area contributed by atoms with Crippen LogP contribution < -0.4 is 0 Å². The second kappa shape index (κ2) is 4.88. The largest absolute Gasteiger partial charge is 0.395 e. The van der Waals surface area contributed by atoms with Gasteiger partial charge in [0.15, 0.2) is 0 Å². The van der Waals surface area contributed by atoms with E-state index in [1.165, 1.54) is 27.4 Å². The van der Waals surface area contributed by atoms with E-state index in [0.29, 0.717) is 6.04 Å². The first kappa shape index (κ1) is 14.2. The van der Waals surface area contributed by atoms with E-state index in [0.717, 1.165) is 0 Å². The average molecular weight is 281 g/mol. The Morgan fingerprint density at radius 3 is 2.33 bits per heavy atom. The normalized spacial score (nSPS) is 12.7. The van der Waals surface area contributed by atoms with Crippen molar-refractivity contribution in [1.29, 1.82) is 0 Å². The summed E-state index contributed by atoms with van der Waals surface area (Å²) in [6, 6.07) is 15.6. The molecule has 0 amide bonds. The van der Waals surface area contributed by atoms with Crippen LogP contribution in [-0.2, 0) is 5.41 Å². The van der Waals surface area contributed by atoms with E-state index in [9.17, 15) is 5.11 Å². The van der Waals surface area contributed by atoms with Crippen LogP contribution in [0.5, 0.6) is 0 Å². The van der Waals surface area contributed by atoms with Gasteiger partial charge in [-0.25, -0.2) is 0 Å². The quantitative estimate of drug-likeness (QED) is 0.743. The van der Waals surface area contributed by atoms with Gasteiger partial charge in [-0.2, -0.15) is 0 Å². The number of hydrogen-bond donors (Lipinski definition) is 1. The summed E-state index contributed by atoms with van der Waals surface area (Å²) >= 11 is 0. The van der Waals surface area contributed by atoms with Crippen LogP contribution in [-0.4, -0.2) is 16.3 Å². The van der Waals surface area contributed by atoms with Gasteiger partial charge in [0.1, 0.15) is 0 Å². The third-order valence-electron chi connectivity index (χ3n) is 4.40. The van der Waals surface area contributed by atoms with Crippen LogP contribution in [0.4, 0.5) is 0 Å². The van der Waals surface area contributed by atoms with E-state index >= 15 is 0 Å². The first-order valence-corrected chi connectivity index (χ1v) is 7.60. The predicted molar refractivity (Wildman–Crippen MR) is 89.9 cm³/mol. The van der Waals surface area contributed by atoms with Crippen LogP contribution in [0.15, 0.2) is 42.5 Å². The maximum atomic E-state index is 9.62. The SMILES string of the molecule is CC(C)n1c2ccccc2c2cc(C(C)(C)CO)ccc21. The van der Waals surface area contributed by atoms with E-state index in [4.69, 9.17) is 0 Å². The molecule has 2 nitrogen and oxygen atoms in total. The smallest absolute Gasteiger partial charge is 0.0522 e. The van der Waals surface area contributed by atoms with Crippen LogP contribution in [0.3, 0.4) is 0 Å². The molecule has 0 unspecified atom stereocenters. The van der Waals surface area contributed by atoms with Gasteiger partial charge in [0.05, 0.1) is 6.61 Å². The van der Waals surface area contributed by atoms with Gasteiger partial charge in [-0.3, -0.25) is 0 Å². The van der Waals surface area contributed by atoms with E-state index < -0.39 is 0 Å². The molecule has 0 fully saturated rings. The lowest BCUT2D eigenvalue weighted by molar-refractivity contribution is 0.218. The molecule has 2 heteroatoms. The van der Waals surface area contributed by atoms with Gasteiger partial charge in [0.25, 0.3) is 0 Å². The monoisotopic (exact) mass is 281 g/mol. The number of aliphatic hydroxyl groups excluding tert-OH is 1. The lowest BCUT2D eigenvalue weighted by Crippen LogP contribution is -2.21. The molecule has 110 valence electrons. The summed E-state index contributed by atoms with van der Waals surface area (Å²) in [5.41, 5.74) is 3.52. The molecule has 0 saturated carbocycles. The van der Waals surface area contributed by atoms with E-state index in [1.807, 2.05) is 0 Å². The Kier molecular flexibility index (Phi) is 3.29. The second-order valence-electron chi connectivity index (χ2n) is 6.75. The lowest BCUT2D eigenvalue weighted by atomic mass is 9.85. The van der Waals surface area contributed by atoms with Crippen molar-refractivity contribution in [2.75, 3.05) is 6.61 Å². The highest BCUT2D eigenvalue weighted by molar-refractivity contribution is 6.08. The van der Waals surface area contributed by atoms with E-state index in [1.54, 1.807) is 0 Å². The van der Waals surface area contributed by atoms with Crippen molar-refractivity contribution >= 4 is 21.8 Å². The maximum Gasteiger partial charge on any atom is 0.0522 e. The number of rotatable bonds is 3. The average Bonchev–Trinajstić information content (AvgIpc) is 2.81. The summed E-state index contributed by atoms with van der Waals surface area (Å²) in [6.07, 6.45) is 0. The zero-order chi connectivity index (χ0) is 15.2. The summed E-state index contributed by atoms with van der Waals surface area (Å²) in [5.74, 6) is 0. The minimum absolute atomic E-state index is 0.154. The summed E-state index contributed by atoms with van der Waals surface area (Å²) in [4.78, 5) is 0. The zero-order valence-corrected chi connectivity index (χ0v) is 13.2. The molecule has 0 aliphatic rings. The van der Waals surface area contributed by atoms with Gasteiger partial charge in [-0.1, -0.05) is 38.1 Å². The molecule has 21 heavy (non-hydrogen) atoms. The number of aliphatic hydroxyl groups is 1. The third kappa shape index (κ3) is 2.14. The van der Waals surface area contributed by atoms with Gasteiger partial charge in [-0.15, -0.1) is 0 Å². The molecule has 2 aromatic carbocycles. The van der Waals surface area contributed by atoms with Crippen molar-refractivity contribution in [1.82, 2.24) is 4.57 Å². The van der Waals surface area contributed by atoms with Crippen molar-refractivity contribution in [2.24, 2.45) is 0 Å². The highest BCUT2D eigenvalue weighted by atomic mass is 16.3. The van der Waals surface area contributed by atoms with E-state index in [-0.39, 0.29) is 12.0 Å². The zero-order valence-electron chi connectivity index (χ0n) is 13.2. The number of para-hydroxylation sites is 1. The molecule has 0 aliphatic heterocycles. The minimum atomic E-state index is -0.213. The fraction of sp³-hybridized carbons (Fsp3) is 0.368. The maximum absolute atomic E-state index is 9.62. The molecule has 0 atom stereocenters. The van der Waals surface area contributed by atoms with Gasteiger partial charge >= 0.3 is 0 Å². The Balaban J connectivity index is 2.39. The number of aromatic nitrogens is 1. The Morgan fingerprint density at radius 2 is 1.67 bits per heavy atom. The van der Waals surface area contributed by atoms with Gasteiger partial charge in [0, 0.05) is 33.3 Å². The molecular formula is C19H23NO. The molecule has 1 N–H and O–H groups in total. The van der Waals surface area contributed by atoms with Crippen molar-refractivity contribution < 1.29 is 5.11 Å². The molecule has 0 radical (unpaired) electrons. The molecule has 0 aliphatic carbocycles. The van der Waals surface area contributed by atoms with E-state index in [2.05, 4.69) is 74.7 Å². The topological polar surface area (TPSA) is 25.2 Å². The van der Waals surface area contributed by atoms with Crippen LogP contribution in [0.25, 0.3) is 21.8 Å². The Hall–Kier alpha value is -1.80. The minimum Gasteiger partial charge on any atom is -0.395 e. The number of nitrogens with zero attached hydrogens (tertiary/aromatic N) is 1. The van der Waals surface area contributed by atoms with Crippen molar-refractivity contribution in [3.8, 4) is 0 Å². The first-order chi connectivity index (χ1) is 9.95. The fourth-order valence-electron chi connectivity index (χ4n) is 3.07. The molecule has 3 aromatic rings. The number of benzene rings is 2. The standard InChI is InChI=1S/C19H23NO/c1-13(2)20-17-8-6-5-7-15(17)16-11-14(9-10-18(16)20)19(3,4)12-21/h5-11,13,21H,12H2,1-4H3. The summed E-state index contributed by atoms with van der Waals surface area (Å²) in [6.45, 7) is 8.75. The Morgan fingerprint density at radius 1 is 1.00 bits per heavy atom. The molecule has 0 saturated heterocycles.